The lowest BCUT2D eigenvalue weighted by molar-refractivity contribution is 0.0945. The molecule has 2 aromatic carbocycles. The quantitative estimate of drug-likeness (QED) is 0.238. The first-order chi connectivity index (χ1) is 16.8. The summed E-state index contributed by atoms with van der Waals surface area (Å²) in [6, 6.07) is 14.6. The van der Waals surface area contributed by atoms with Crippen molar-refractivity contribution in [1.29, 1.82) is 5.41 Å². The molecule has 4 rings (SSSR count). The maximum Gasteiger partial charge on any atom is 0.269 e. The largest absolute Gasteiger partial charge is 0.384 e. The first-order valence-electron chi connectivity index (χ1n) is 11.8. The van der Waals surface area contributed by atoms with Crippen molar-refractivity contribution in [3.8, 4) is 11.1 Å². The molecule has 6 nitrogen and oxygen atoms in total. The molecule has 6 heteroatoms. The van der Waals surface area contributed by atoms with Gasteiger partial charge in [0.25, 0.3) is 5.91 Å². The van der Waals surface area contributed by atoms with Gasteiger partial charge in [0.15, 0.2) is 5.78 Å². The van der Waals surface area contributed by atoms with Crippen LogP contribution in [0.25, 0.3) is 17.2 Å². The van der Waals surface area contributed by atoms with E-state index in [1.165, 1.54) is 12.8 Å². The molecule has 3 aromatic rings. The van der Waals surface area contributed by atoms with E-state index in [2.05, 4.69) is 16.9 Å². The third-order valence-electron chi connectivity index (χ3n) is 6.41. The fourth-order valence-corrected chi connectivity index (χ4v) is 4.10. The standard InChI is InChI=1S/C29H30N4O2/c1-4-21-15-25(27(34)14-19-7-9-22(10-8-19)28(30)31)24(13-17(21)2)23-11-12-26(33-18(23)3)29(35)32-16-20-5-6-20/h4,7-13,15,20H,1,5-6,14,16H2,2-3H3,(H3,30,31)(H,32,35). The zero-order chi connectivity index (χ0) is 25.1. The normalized spacial score (nSPS) is 12.7. The number of nitrogens with one attached hydrogen (secondary N) is 2. The van der Waals surface area contributed by atoms with Crippen LogP contribution >= 0.6 is 0 Å². The Labute approximate surface area is 205 Å². The lowest BCUT2D eigenvalue weighted by Crippen LogP contribution is -2.26. The summed E-state index contributed by atoms with van der Waals surface area (Å²) in [7, 11) is 0. The van der Waals surface area contributed by atoms with E-state index in [1.54, 1.807) is 24.3 Å². The van der Waals surface area contributed by atoms with E-state index in [-0.39, 0.29) is 23.9 Å². The van der Waals surface area contributed by atoms with Crippen LogP contribution in [0.4, 0.5) is 0 Å². The summed E-state index contributed by atoms with van der Waals surface area (Å²) in [6.07, 6.45) is 4.29. The molecule has 1 saturated carbocycles. The van der Waals surface area contributed by atoms with Crippen LogP contribution in [-0.4, -0.2) is 29.1 Å². The average molecular weight is 467 g/mol. The van der Waals surface area contributed by atoms with Crippen LogP contribution in [0.15, 0.2) is 55.1 Å². The van der Waals surface area contributed by atoms with Crippen LogP contribution in [0.3, 0.4) is 0 Å². The van der Waals surface area contributed by atoms with E-state index in [4.69, 9.17) is 11.1 Å². The highest BCUT2D eigenvalue weighted by atomic mass is 16.2. The summed E-state index contributed by atoms with van der Waals surface area (Å²) in [5, 5.41) is 10.5. The number of carbonyl (C=O) groups is 2. The van der Waals surface area contributed by atoms with Crippen molar-refractivity contribution in [1.82, 2.24) is 10.3 Å². The fraction of sp³-hybridized carbons (Fsp3) is 0.241. The van der Waals surface area contributed by atoms with Gasteiger partial charge in [0.05, 0.1) is 0 Å². The molecule has 0 unspecified atom stereocenters. The third-order valence-corrected chi connectivity index (χ3v) is 6.41. The average Bonchev–Trinajstić information content (AvgIpc) is 3.67. The second kappa shape index (κ2) is 10.1. The number of hydrogen-bond acceptors (Lipinski definition) is 4. The summed E-state index contributed by atoms with van der Waals surface area (Å²) < 4.78 is 0. The minimum Gasteiger partial charge on any atom is -0.384 e. The molecular weight excluding hydrogens is 436 g/mol. The van der Waals surface area contributed by atoms with Gasteiger partial charge in [-0.3, -0.25) is 15.0 Å². The van der Waals surface area contributed by atoms with E-state index in [0.717, 1.165) is 27.8 Å². The molecule has 0 saturated heterocycles. The second-order valence-electron chi connectivity index (χ2n) is 9.15. The molecule has 1 amide bonds. The number of Topliss-reactive ketones (excluding diaryl/α,β-unsaturated/α-hetero) is 1. The number of pyridine rings is 1. The van der Waals surface area contributed by atoms with Crippen LogP contribution in [0, 0.1) is 25.2 Å². The molecule has 0 spiro atoms. The molecule has 178 valence electrons. The Morgan fingerprint density at radius 2 is 1.83 bits per heavy atom. The van der Waals surface area contributed by atoms with Crippen LogP contribution in [0.1, 0.15) is 61.6 Å². The number of aryl methyl sites for hydroxylation is 2. The van der Waals surface area contributed by atoms with E-state index in [0.29, 0.717) is 35.0 Å². The molecule has 0 atom stereocenters. The lowest BCUT2D eigenvalue weighted by Gasteiger charge is -2.15. The summed E-state index contributed by atoms with van der Waals surface area (Å²) >= 11 is 0. The van der Waals surface area contributed by atoms with Gasteiger partial charge in [-0.15, -0.1) is 0 Å². The van der Waals surface area contributed by atoms with E-state index in [9.17, 15) is 9.59 Å². The molecule has 35 heavy (non-hydrogen) atoms. The predicted octanol–water partition coefficient (Wildman–Crippen LogP) is 4.86. The molecule has 0 bridgehead atoms. The zero-order valence-corrected chi connectivity index (χ0v) is 20.2. The van der Waals surface area contributed by atoms with Crippen LogP contribution in [0.5, 0.6) is 0 Å². The Hall–Kier alpha value is -4.06. The topological polar surface area (TPSA) is 109 Å². The molecule has 1 aromatic heterocycles. The molecule has 1 aliphatic rings. The maximum atomic E-state index is 13.5. The first kappa shape index (κ1) is 24.1. The van der Waals surface area contributed by atoms with Crippen molar-refractivity contribution in [3.05, 3.63) is 94.3 Å². The summed E-state index contributed by atoms with van der Waals surface area (Å²) in [4.78, 5) is 30.5. The molecule has 4 N–H and O–H groups in total. The highest BCUT2D eigenvalue weighted by molar-refractivity contribution is 6.04. The summed E-state index contributed by atoms with van der Waals surface area (Å²) in [6.45, 7) is 8.42. The Bertz CT molecular complexity index is 1320. The van der Waals surface area contributed by atoms with Crippen molar-refractivity contribution in [2.24, 2.45) is 11.7 Å². The van der Waals surface area contributed by atoms with E-state index >= 15 is 0 Å². The Balaban J connectivity index is 1.66. The number of rotatable bonds is 9. The number of nitrogen functional groups attached to an aromatic ring is 1. The van der Waals surface area contributed by atoms with Gasteiger partial charge in [-0.2, -0.15) is 0 Å². The molecule has 1 heterocycles. The lowest BCUT2D eigenvalue weighted by atomic mass is 9.89. The van der Waals surface area contributed by atoms with Crippen molar-refractivity contribution in [2.45, 2.75) is 33.1 Å². The van der Waals surface area contributed by atoms with Crippen molar-refractivity contribution < 1.29 is 9.59 Å². The molecule has 0 aliphatic heterocycles. The summed E-state index contributed by atoms with van der Waals surface area (Å²) in [5.74, 6) is 0.379. The van der Waals surface area contributed by atoms with E-state index < -0.39 is 0 Å². The van der Waals surface area contributed by atoms with Gasteiger partial charge in [-0.25, -0.2) is 4.98 Å². The fourth-order valence-electron chi connectivity index (χ4n) is 4.10. The smallest absolute Gasteiger partial charge is 0.269 e. The van der Waals surface area contributed by atoms with Crippen molar-refractivity contribution in [2.75, 3.05) is 6.54 Å². The monoisotopic (exact) mass is 466 g/mol. The number of carbonyl (C=O) groups excluding carboxylic acids is 2. The number of aromatic nitrogens is 1. The molecule has 1 aliphatic carbocycles. The maximum absolute atomic E-state index is 13.5. The van der Waals surface area contributed by atoms with Gasteiger partial charge in [-0.1, -0.05) is 49.1 Å². The van der Waals surface area contributed by atoms with Crippen LogP contribution in [-0.2, 0) is 6.42 Å². The number of amides is 1. The third kappa shape index (κ3) is 5.54. The van der Waals surface area contributed by atoms with Crippen LogP contribution < -0.4 is 11.1 Å². The number of nitrogens with two attached hydrogens (primary N) is 1. The Morgan fingerprint density at radius 3 is 2.43 bits per heavy atom. The number of amidine groups is 1. The highest BCUT2D eigenvalue weighted by Crippen LogP contribution is 2.31. The van der Waals surface area contributed by atoms with Gasteiger partial charge in [0, 0.05) is 35.3 Å². The first-order valence-corrected chi connectivity index (χ1v) is 11.8. The number of benzene rings is 2. The van der Waals surface area contributed by atoms with E-state index in [1.807, 2.05) is 44.2 Å². The molecular formula is C29H30N4O2. The van der Waals surface area contributed by atoms with Crippen LogP contribution in [0.2, 0.25) is 0 Å². The zero-order valence-electron chi connectivity index (χ0n) is 20.2. The highest BCUT2D eigenvalue weighted by Gasteiger charge is 2.23. The van der Waals surface area contributed by atoms with Crippen molar-refractivity contribution in [3.63, 3.8) is 0 Å². The minimum atomic E-state index is -0.171. The Kier molecular flexibility index (Phi) is 6.92. The summed E-state index contributed by atoms with van der Waals surface area (Å²) in [5.41, 5.74) is 12.1. The molecule has 1 fully saturated rings. The van der Waals surface area contributed by atoms with Crippen molar-refractivity contribution >= 4 is 23.6 Å². The predicted molar refractivity (Wildman–Crippen MR) is 140 cm³/mol. The second-order valence-corrected chi connectivity index (χ2v) is 9.15. The SMILES string of the molecule is C=Cc1cc(C(=O)Cc2ccc(C(=N)N)cc2)c(-c2ccc(C(=O)NCC3CC3)nc2C)cc1C. The number of hydrogen-bond donors (Lipinski definition) is 3. The molecule has 0 radical (unpaired) electrons. The van der Waals surface area contributed by atoms with Gasteiger partial charge < -0.3 is 11.1 Å². The van der Waals surface area contributed by atoms with Gasteiger partial charge in [-0.05, 0) is 67.0 Å². The Morgan fingerprint density at radius 1 is 1.11 bits per heavy atom. The van der Waals surface area contributed by atoms with Gasteiger partial charge >= 0.3 is 0 Å². The van der Waals surface area contributed by atoms with Gasteiger partial charge in [0.1, 0.15) is 11.5 Å². The van der Waals surface area contributed by atoms with Gasteiger partial charge in [0.2, 0.25) is 0 Å². The number of ketones is 1. The minimum absolute atomic E-state index is 0.00744. The number of nitrogens with zero attached hydrogens (tertiary/aromatic N) is 1.